The number of nitrogens with zero attached hydrogens (tertiary/aromatic N) is 2. The highest BCUT2D eigenvalue weighted by atomic mass is 32.2. The molecule has 0 bridgehead atoms. The second-order valence-electron chi connectivity index (χ2n) is 7.21. The van der Waals surface area contributed by atoms with Crippen LogP contribution in [0.5, 0.6) is 0 Å². The van der Waals surface area contributed by atoms with E-state index in [1.807, 2.05) is 0 Å². The molecule has 154 valence electrons. The zero-order valence-electron chi connectivity index (χ0n) is 16.2. The van der Waals surface area contributed by atoms with Crippen LogP contribution in [-0.2, 0) is 26.3 Å². The molecule has 0 aliphatic rings. The number of hydrogen-bond acceptors (Lipinski definition) is 6. The number of aryl methyl sites for hydroxylation is 2. The number of pyridine rings is 1. The average molecular weight is 404 g/mol. The average Bonchev–Trinajstić information content (AvgIpc) is 2.45. The van der Waals surface area contributed by atoms with Gasteiger partial charge in [0, 0.05) is 18.9 Å². The monoisotopic (exact) mass is 404 g/mol. The normalized spacial score (nSPS) is 11.4. The highest BCUT2D eigenvalue weighted by molar-refractivity contribution is 7.85. The van der Waals surface area contributed by atoms with Crippen LogP contribution in [-0.4, -0.2) is 62.2 Å². The van der Waals surface area contributed by atoms with E-state index in [2.05, 4.69) is 0 Å². The van der Waals surface area contributed by atoms with Crippen LogP contribution in [0.25, 0.3) is 0 Å². The van der Waals surface area contributed by atoms with Gasteiger partial charge in [0.25, 0.3) is 0 Å². The Morgan fingerprint density at radius 1 is 1.19 bits per heavy atom. The van der Waals surface area contributed by atoms with Crippen LogP contribution < -0.4 is 9.67 Å². The number of carboxylic acids is 2. The zero-order chi connectivity index (χ0) is 21.3. The van der Waals surface area contributed by atoms with E-state index in [-0.39, 0.29) is 17.9 Å². The summed E-state index contributed by atoms with van der Waals surface area (Å²) in [5.74, 6) is -1.82. The smallest absolute Gasteiger partial charge is 0.303 e. The maximum absolute atomic E-state index is 11.0. The van der Waals surface area contributed by atoms with Crippen molar-refractivity contribution in [2.45, 2.75) is 44.0 Å². The van der Waals surface area contributed by atoms with Gasteiger partial charge in [-0.2, -0.15) is 0 Å². The second-order valence-corrected chi connectivity index (χ2v) is 8.56. The maximum atomic E-state index is 11.0. The molecule has 1 aromatic heterocycles. The predicted molar refractivity (Wildman–Crippen MR) is 93.3 cm³/mol. The summed E-state index contributed by atoms with van der Waals surface area (Å²) < 4.78 is 35.1. The summed E-state index contributed by atoms with van der Waals surface area (Å²) in [5, 5.41) is 18.4. The van der Waals surface area contributed by atoms with Gasteiger partial charge in [-0.1, -0.05) is 0 Å². The van der Waals surface area contributed by atoms with E-state index in [1.165, 1.54) is 6.20 Å². The highest BCUT2D eigenvalue weighted by Gasteiger charge is 2.12. The van der Waals surface area contributed by atoms with Crippen LogP contribution in [0.1, 0.15) is 31.2 Å². The molecular weight excluding hydrogens is 376 g/mol. The van der Waals surface area contributed by atoms with Crippen molar-refractivity contribution in [2.24, 2.45) is 0 Å². The quantitative estimate of drug-likeness (QED) is 0.248. The summed E-state index contributed by atoms with van der Waals surface area (Å²) in [7, 11) is 0.953. The van der Waals surface area contributed by atoms with E-state index in [0.717, 1.165) is 12.8 Å². The lowest BCUT2D eigenvalue weighted by Crippen LogP contribution is -2.45. The first-order valence-electron chi connectivity index (χ1n) is 8.40. The van der Waals surface area contributed by atoms with E-state index in [9.17, 15) is 27.7 Å². The third-order valence-electron chi connectivity index (χ3n) is 3.37. The summed E-state index contributed by atoms with van der Waals surface area (Å²) in [6.45, 7) is 2.20. The Balaban J connectivity index is 0.000000713. The van der Waals surface area contributed by atoms with Gasteiger partial charge in [-0.25, -0.2) is 13.0 Å². The van der Waals surface area contributed by atoms with Crippen LogP contribution >= 0.6 is 0 Å². The van der Waals surface area contributed by atoms with Gasteiger partial charge in [0.05, 0.1) is 27.1 Å². The van der Waals surface area contributed by atoms with Gasteiger partial charge in [0.1, 0.15) is 28.1 Å². The second kappa shape index (κ2) is 11.0. The van der Waals surface area contributed by atoms with Crippen molar-refractivity contribution in [3.8, 4) is 0 Å². The number of quaternary nitrogens is 1. The number of carbonyl (C=O) groups is 2. The van der Waals surface area contributed by atoms with E-state index >= 15 is 0 Å². The number of rotatable bonds is 9. The highest BCUT2D eigenvalue weighted by Crippen LogP contribution is 2.11. The lowest BCUT2D eigenvalue weighted by molar-refractivity contribution is -0.864. The first-order chi connectivity index (χ1) is 12.2. The van der Waals surface area contributed by atoms with Crippen molar-refractivity contribution >= 4 is 22.1 Å². The summed E-state index contributed by atoms with van der Waals surface area (Å²) in [6, 6.07) is 1.59. The fraction of sp³-hybridized carbons (Fsp3) is 0.588. The molecule has 0 aliphatic heterocycles. The lowest BCUT2D eigenvalue weighted by Gasteiger charge is -2.23. The van der Waals surface area contributed by atoms with Gasteiger partial charge in [-0.3, -0.25) is 4.79 Å². The van der Waals surface area contributed by atoms with Gasteiger partial charge >= 0.3 is 5.97 Å². The van der Waals surface area contributed by atoms with E-state index in [0.29, 0.717) is 23.0 Å². The van der Waals surface area contributed by atoms with E-state index < -0.39 is 22.1 Å². The number of carbonyl (C=O) groups excluding carboxylic acids is 1. The Morgan fingerprint density at radius 2 is 1.78 bits per heavy atom. The third kappa shape index (κ3) is 12.9. The molecule has 1 N–H and O–H groups in total. The molecule has 0 spiro atoms. The van der Waals surface area contributed by atoms with Gasteiger partial charge in [0.15, 0.2) is 12.4 Å². The molecule has 1 rings (SSSR count). The number of aromatic nitrogens is 1. The number of unbranched alkanes of at least 4 members (excludes halogenated alkanes) is 2. The van der Waals surface area contributed by atoms with Crippen LogP contribution in [0.2, 0.25) is 0 Å². The molecule has 0 radical (unpaired) electrons. The number of carboxylic acid groups (broad SMARTS) is 2. The van der Waals surface area contributed by atoms with E-state index in [1.54, 1.807) is 44.9 Å². The molecule has 1 heterocycles. The van der Waals surface area contributed by atoms with Gasteiger partial charge < -0.3 is 24.0 Å². The molecule has 0 amide bonds. The minimum atomic E-state index is -4.45. The standard InChI is InChI=1S/C12H17NO5S.C5H11NO2/c1-10-6-8-13(9-11(10)19(16,17)18)7-4-2-3-5-12(14)15;1-6(2,3)4-5(7)8/h6,8-9H,2-5,7H2,1H3,(H-,14,15,16,17,18);4H2,1-3H3. The molecule has 0 aromatic carbocycles. The molecule has 1 aromatic rings. The topological polar surface area (TPSA) is 139 Å². The van der Waals surface area contributed by atoms with E-state index in [4.69, 9.17) is 5.11 Å². The fourth-order valence-electron chi connectivity index (χ4n) is 2.12. The molecule has 0 saturated heterocycles. The van der Waals surface area contributed by atoms with Crippen LogP contribution in [0.15, 0.2) is 23.4 Å². The van der Waals surface area contributed by atoms with Crippen molar-refractivity contribution in [3.05, 3.63) is 24.0 Å². The molecule has 0 unspecified atom stereocenters. The first kappa shape index (κ1) is 25.0. The Hall–Kier alpha value is -2.04. The molecule has 0 fully saturated rings. The SMILES string of the molecule is C[N+](C)(C)CC(=O)[O-].Cc1cc[n+](CCCCCC(=O)O)cc1S(=O)(=O)[O-]. The van der Waals surface area contributed by atoms with Gasteiger partial charge in [-0.05, 0) is 25.3 Å². The molecule has 0 atom stereocenters. The predicted octanol–water partition coefficient (Wildman–Crippen LogP) is -0.726. The molecular formula is C17H28N2O7S. The zero-order valence-corrected chi connectivity index (χ0v) is 17.0. The molecule has 0 aliphatic carbocycles. The number of aliphatic carboxylic acids is 2. The lowest BCUT2D eigenvalue weighted by atomic mass is 10.2. The Kier molecular flexibility index (Phi) is 10.1. The fourth-order valence-corrected chi connectivity index (χ4v) is 2.85. The maximum Gasteiger partial charge on any atom is 0.303 e. The summed E-state index contributed by atoms with van der Waals surface area (Å²) in [6.07, 6.45) is 5.25. The van der Waals surface area contributed by atoms with Crippen LogP contribution in [0.3, 0.4) is 0 Å². The minimum Gasteiger partial charge on any atom is -0.744 e. The van der Waals surface area contributed by atoms with Gasteiger partial charge in [0.2, 0.25) is 0 Å². The summed E-state index contributed by atoms with van der Waals surface area (Å²) >= 11 is 0. The molecule has 0 saturated carbocycles. The number of likely N-dealkylation sites (N-methyl/N-ethyl adjacent to an activating group) is 1. The molecule has 9 nitrogen and oxygen atoms in total. The summed E-state index contributed by atoms with van der Waals surface area (Å²) in [4.78, 5) is 20.0. The van der Waals surface area contributed by atoms with Crippen LogP contribution in [0, 0.1) is 6.92 Å². The Labute approximate surface area is 160 Å². The van der Waals surface area contributed by atoms with Crippen molar-refractivity contribution in [2.75, 3.05) is 27.7 Å². The van der Waals surface area contributed by atoms with Crippen molar-refractivity contribution < 1.29 is 41.8 Å². The third-order valence-corrected chi connectivity index (χ3v) is 4.33. The Bertz CT molecular complexity index is 740. The van der Waals surface area contributed by atoms with Gasteiger partial charge in [-0.15, -0.1) is 0 Å². The largest absolute Gasteiger partial charge is 0.744 e. The van der Waals surface area contributed by atoms with Crippen molar-refractivity contribution in [3.63, 3.8) is 0 Å². The van der Waals surface area contributed by atoms with Crippen molar-refractivity contribution in [1.82, 2.24) is 0 Å². The van der Waals surface area contributed by atoms with Crippen molar-refractivity contribution in [1.29, 1.82) is 0 Å². The molecule has 27 heavy (non-hydrogen) atoms. The minimum absolute atomic E-state index is 0.0694. The number of hydrogen-bond donors (Lipinski definition) is 1. The Morgan fingerprint density at radius 3 is 2.19 bits per heavy atom. The molecule has 10 heteroatoms. The summed E-state index contributed by atoms with van der Waals surface area (Å²) in [5.41, 5.74) is 0.428. The first-order valence-corrected chi connectivity index (χ1v) is 9.81. The van der Waals surface area contributed by atoms with Crippen LogP contribution in [0.4, 0.5) is 0 Å².